The fourth-order valence-electron chi connectivity index (χ4n) is 1.80. The van der Waals surface area contributed by atoms with Crippen LogP contribution >= 0.6 is 0 Å². The Hall–Kier alpha value is -0.120. The van der Waals surface area contributed by atoms with Gasteiger partial charge in [0, 0.05) is 19.2 Å². The molecule has 0 bridgehead atoms. The molecule has 0 aliphatic carbocycles. The van der Waals surface area contributed by atoms with Gasteiger partial charge in [-0.05, 0) is 12.8 Å². The van der Waals surface area contributed by atoms with Crippen molar-refractivity contribution >= 4 is 0 Å². The number of ether oxygens (including phenoxy) is 1. The third-order valence-corrected chi connectivity index (χ3v) is 2.31. The molecule has 0 amide bonds. The van der Waals surface area contributed by atoms with Gasteiger partial charge in [0.15, 0.2) is 0 Å². The van der Waals surface area contributed by atoms with Crippen molar-refractivity contribution in [3.63, 3.8) is 0 Å². The Bertz CT molecular complexity index is 130. The Balaban J connectivity index is 2.48. The highest BCUT2D eigenvalue weighted by Crippen LogP contribution is 2.18. The first kappa shape index (κ1) is 9.96. The van der Waals surface area contributed by atoms with Crippen molar-refractivity contribution in [1.29, 1.82) is 0 Å². The van der Waals surface area contributed by atoms with Crippen LogP contribution in [0.5, 0.6) is 0 Å². The smallest absolute Gasteiger partial charge is 0.0660 e. The molecule has 1 unspecified atom stereocenters. The lowest BCUT2D eigenvalue weighted by Crippen LogP contribution is -2.58. The van der Waals surface area contributed by atoms with Gasteiger partial charge in [-0.1, -0.05) is 13.8 Å². The molecule has 0 aromatic carbocycles. The second kappa shape index (κ2) is 4.21. The van der Waals surface area contributed by atoms with Crippen molar-refractivity contribution in [2.75, 3.05) is 19.8 Å². The van der Waals surface area contributed by atoms with Crippen LogP contribution in [0.1, 0.15) is 26.7 Å². The molecular formula is C9H20N2O. The highest BCUT2D eigenvalue weighted by Gasteiger charge is 2.31. The van der Waals surface area contributed by atoms with Crippen molar-refractivity contribution in [3.05, 3.63) is 0 Å². The molecule has 1 fully saturated rings. The standard InChI is InChI=1S/C9H20N2O/c1-8(2)11-9(6-10)4-3-5-12-7-9/h8,11H,3-7,10H2,1-2H3. The van der Waals surface area contributed by atoms with E-state index in [0.717, 1.165) is 26.1 Å². The minimum Gasteiger partial charge on any atom is -0.379 e. The first-order chi connectivity index (χ1) is 5.68. The number of hydrogen-bond donors (Lipinski definition) is 2. The Labute approximate surface area is 74.7 Å². The van der Waals surface area contributed by atoms with Crippen LogP contribution in [0, 0.1) is 0 Å². The summed E-state index contributed by atoms with van der Waals surface area (Å²) >= 11 is 0. The molecule has 1 rings (SSSR count). The predicted molar refractivity (Wildman–Crippen MR) is 50.1 cm³/mol. The van der Waals surface area contributed by atoms with Gasteiger partial charge < -0.3 is 15.8 Å². The van der Waals surface area contributed by atoms with Gasteiger partial charge in [0.25, 0.3) is 0 Å². The molecule has 1 aliphatic heterocycles. The lowest BCUT2D eigenvalue weighted by atomic mass is 9.92. The van der Waals surface area contributed by atoms with Crippen LogP contribution in [-0.2, 0) is 4.74 Å². The number of nitrogens with two attached hydrogens (primary N) is 1. The highest BCUT2D eigenvalue weighted by atomic mass is 16.5. The van der Waals surface area contributed by atoms with Gasteiger partial charge in [-0.25, -0.2) is 0 Å². The maximum Gasteiger partial charge on any atom is 0.0660 e. The molecule has 0 spiro atoms. The third kappa shape index (κ3) is 2.44. The van der Waals surface area contributed by atoms with Gasteiger partial charge in [0.1, 0.15) is 0 Å². The van der Waals surface area contributed by atoms with Gasteiger partial charge in [0.2, 0.25) is 0 Å². The maximum atomic E-state index is 5.74. The molecule has 3 nitrogen and oxygen atoms in total. The Morgan fingerprint density at radius 1 is 1.58 bits per heavy atom. The summed E-state index contributed by atoms with van der Waals surface area (Å²) in [5.74, 6) is 0. The summed E-state index contributed by atoms with van der Waals surface area (Å²) in [6.45, 7) is 6.62. The second-order valence-corrected chi connectivity index (χ2v) is 3.94. The molecule has 3 N–H and O–H groups in total. The molecule has 3 heteroatoms. The summed E-state index contributed by atoms with van der Waals surface area (Å²) in [5, 5.41) is 3.49. The van der Waals surface area contributed by atoms with Crippen LogP contribution in [-0.4, -0.2) is 31.3 Å². The fraction of sp³-hybridized carbons (Fsp3) is 1.00. The minimum absolute atomic E-state index is 0.0480. The topological polar surface area (TPSA) is 47.3 Å². The largest absolute Gasteiger partial charge is 0.379 e. The Morgan fingerprint density at radius 3 is 2.75 bits per heavy atom. The van der Waals surface area contributed by atoms with Crippen LogP contribution in [0.3, 0.4) is 0 Å². The summed E-state index contributed by atoms with van der Waals surface area (Å²) < 4.78 is 5.43. The number of nitrogens with one attached hydrogen (secondary N) is 1. The lowest BCUT2D eigenvalue weighted by Gasteiger charge is -2.38. The van der Waals surface area contributed by atoms with Crippen LogP contribution in [0.4, 0.5) is 0 Å². The van der Waals surface area contributed by atoms with Crippen LogP contribution < -0.4 is 11.1 Å². The van der Waals surface area contributed by atoms with E-state index in [1.807, 2.05) is 0 Å². The molecular weight excluding hydrogens is 152 g/mol. The van der Waals surface area contributed by atoms with E-state index in [4.69, 9.17) is 10.5 Å². The van der Waals surface area contributed by atoms with E-state index in [9.17, 15) is 0 Å². The zero-order chi connectivity index (χ0) is 9.03. The van der Waals surface area contributed by atoms with Crippen molar-refractivity contribution in [3.8, 4) is 0 Å². The molecule has 12 heavy (non-hydrogen) atoms. The molecule has 1 saturated heterocycles. The van der Waals surface area contributed by atoms with Gasteiger partial charge in [0.05, 0.1) is 12.1 Å². The molecule has 0 radical (unpaired) electrons. The van der Waals surface area contributed by atoms with Crippen molar-refractivity contribution < 1.29 is 4.74 Å². The Morgan fingerprint density at radius 2 is 2.33 bits per heavy atom. The average Bonchev–Trinajstić information content (AvgIpc) is 2.05. The van der Waals surface area contributed by atoms with Gasteiger partial charge in [-0.15, -0.1) is 0 Å². The second-order valence-electron chi connectivity index (χ2n) is 3.94. The van der Waals surface area contributed by atoms with Crippen LogP contribution in [0.15, 0.2) is 0 Å². The molecule has 1 atom stereocenters. The summed E-state index contributed by atoms with van der Waals surface area (Å²) in [5.41, 5.74) is 5.79. The maximum absolute atomic E-state index is 5.74. The zero-order valence-electron chi connectivity index (χ0n) is 8.10. The molecule has 0 aromatic heterocycles. The zero-order valence-corrected chi connectivity index (χ0v) is 8.10. The molecule has 0 aromatic rings. The first-order valence-electron chi connectivity index (χ1n) is 4.74. The van der Waals surface area contributed by atoms with Gasteiger partial charge >= 0.3 is 0 Å². The third-order valence-electron chi connectivity index (χ3n) is 2.31. The van der Waals surface area contributed by atoms with E-state index < -0.39 is 0 Å². The summed E-state index contributed by atoms with van der Waals surface area (Å²) in [4.78, 5) is 0. The van der Waals surface area contributed by atoms with E-state index in [2.05, 4.69) is 19.2 Å². The summed E-state index contributed by atoms with van der Waals surface area (Å²) in [6.07, 6.45) is 2.26. The van der Waals surface area contributed by atoms with E-state index >= 15 is 0 Å². The van der Waals surface area contributed by atoms with Gasteiger partial charge in [-0.3, -0.25) is 0 Å². The normalized spacial score (nSPS) is 31.0. The predicted octanol–water partition coefficient (Wildman–Crippen LogP) is 0.492. The van der Waals surface area contributed by atoms with Crippen molar-refractivity contribution in [2.45, 2.75) is 38.3 Å². The van der Waals surface area contributed by atoms with E-state index in [-0.39, 0.29) is 5.54 Å². The number of hydrogen-bond acceptors (Lipinski definition) is 3. The number of rotatable bonds is 3. The molecule has 1 aliphatic rings. The van der Waals surface area contributed by atoms with E-state index in [1.165, 1.54) is 0 Å². The first-order valence-corrected chi connectivity index (χ1v) is 4.74. The summed E-state index contributed by atoms with van der Waals surface area (Å²) in [6, 6.07) is 0.482. The quantitative estimate of drug-likeness (QED) is 0.651. The lowest BCUT2D eigenvalue weighted by molar-refractivity contribution is 0.0204. The van der Waals surface area contributed by atoms with Crippen LogP contribution in [0.25, 0.3) is 0 Å². The van der Waals surface area contributed by atoms with Crippen molar-refractivity contribution in [2.24, 2.45) is 5.73 Å². The van der Waals surface area contributed by atoms with Gasteiger partial charge in [-0.2, -0.15) is 0 Å². The average molecular weight is 172 g/mol. The van der Waals surface area contributed by atoms with E-state index in [1.54, 1.807) is 0 Å². The summed E-state index contributed by atoms with van der Waals surface area (Å²) in [7, 11) is 0. The minimum atomic E-state index is 0.0480. The Kier molecular flexibility index (Phi) is 3.50. The van der Waals surface area contributed by atoms with Crippen molar-refractivity contribution in [1.82, 2.24) is 5.32 Å². The van der Waals surface area contributed by atoms with E-state index in [0.29, 0.717) is 12.6 Å². The monoisotopic (exact) mass is 172 g/mol. The SMILES string of the molecule is CC(C)NC1(CN)CCCOC1. The molecule has 72 valence electrons. The highest BCUT2D eigenvalue weighted by molar-refractivity contribution is 4.92. The fourth-order valence-corrected chi connectivity index (χ4v) is 1.80. The molecule has 0 saturated carbocycles. The van der Waals surface area contributed by atoms with Crippen LogP contribution in [0.2, 0.25) is 0 Å². The molecule has 1 heterocycles.